The molecular formula is C13H27N3O2S. The number of likely N-dealkylation sites (N-methyl/N-ethyl adjacent to an activating group) is 1. The van der Waals surface area contributed by atoms with Gasteiger partial charge in [-0.25, -0.2) is 4.72 Å². The highest BCUT2D eigenvalue weighted by atomic mass is 32.2. The molecule has 0 aromatic rings. The van der Waals surface area contributed by atoms with E-state index in [0.29, 0.717) is 13.1 Å². The molecule has 2 fully saturated rings. The molecule has 1 saturated carbocycles. The summed E-state index contributed by atoms with van der Waals surface area (Å²) in [5.74, 6) is 0.747. The van der Waals surface area contributed by atoms with E-state index in [2.05, 4.69) is 10.0 Å². The lowest BCUT2D eigenvalue weighted by molar-refractivity contribution is 0.244. The van der Waals surface area contributed by atoms with E-state index < -0.39 is 10.2 Å². The molecule has 0 aromatic carbocycles. The minimum absolute atomic E-state index is 0.111. The molecule has 1 unspecified atom stereocenters. The van der Waals surface area contributed by atoms with Crippen molar-refractivity contribution in [1.29, 1.82) is 0 Å². The zero-order valence-corrected chi connectivity index (χ0v) is 12.7. The Bertz CT molecular complexity index is 366. The first-order chi connectivity index (χ1) is 9.13. The quantitative estimate of drug-likeness (QED) is 0.737. The Hall–Kier alpha value is -0.170. The number of hydrogen-bond donors (Lipinski definition) is 2. The first kappa shape index (κ1) is 15.2. The smallest absolute Gasteiger partial charge is 0.279 e. The third-order valence-corrected chi connectivity index (χ3v) is 6.05. The Morgan fingerprint density at radius 1 is 1.16 bits per heavy atom. The summed E-state index contributed by atoms with van der Waals surface area (Å²) in [4.78, 5) is 0. The zero-order chi connectivity index (χ0) is 13.7. The Morgan fingerprint density at radius 3 is 2.58 bits per heavy atom. The first-order valence-electron chi connectivity index (χ1n) is 7.54. The van der Waals surface area contributed by atoms with E-state index in [4.69, 9.17) is 0 Å². The van der Waals surface area contributed by atoms with E-state index in [1.165, 1.54) is 19.3 Å². The second-order valence-corrected chi connectivity index (χ2v) is 7.51. The average molecular weight is 289 g/mol. The molecule has 0 spiro atoms. The van der Waals surface area contributed by atoms with E-state index in [9.17, 15) is 8.42 Å². The first-order valence-corrected chi connectivity index (χ1v) is 8.98. The van der Waals surface area contributed by atoms with Gasteiger partial charge in [0, 0.05) is 25.7 Å². The van der Waals surface area contributed by atoms with Crippen LogP contribution in [0.5, 0.6) is 0 Å². The highest BCUT2D eigenvalue weighted by molar-refractivity contribution is 7.87. The van der Waals surface area contributed by atoms with Gasteiger partial charge in [0.2, 0.25) is 0 Å². The highest BCUT2D eigenvalue weighted by Crippen LogP contribution is 2.29. The molecule has 19 heavy (non-hydrogen) atoms. The Kier molecular flexibility index (Phi) is 5.62. The summed E-state index contributed by atoms with van der Waals surface area (Å²) in [5.41, 5.74) is 0. The third-order valence-electron chi connectivity index (χ3n) is 4.38. The molecule has 1 aliphatic carbocycles. The molecule has 1 atom stereocenters. The van der Waals surface area contributed by atoms with Gasteiger partial charge < -0.3 is 5.32 Å². The molecule has 0 aromatic heterocycles. The van der Waals surface area contributed by atoms with Crippen LogP contribution >= 0.6 is 0 Å². The predicted molar refractivity (Wildman–Crippen MR) is 77.2 cm³/mol. The number of piperidine rings is 1. The molecule has 112 valence electrons. The van der Waals surface area contributed by atoms with Crippen molar-refractivity contribution in [3.8, 4) is 0 Å². The highest BCUT2D eigenvalue weighted by Gasteiger charge is 2.31. The van der Waals surface area contributed by atoms with Gasteiger partial charge in [-0.2, -0.15) is 12.7 Å². The fourth-order valence-electron chi connectivity index (χ4n) is 2.99. The van der Waals surface area contributed by atoms with Gasteiger partial charge >= 0.3 is 0 Å². The van der Waals surface area contributed by atoms with Gasteiger partial charge in [-0.3, -0.25) is 0 Å². The van der Waals surface area contributed by atoms with Gasteiger partial charge in [-0.05, 0) is 32.2 Å². The molecule has 1 aliphatic heterocycles. The molecule has 2 aliphatic rings. The third kappa shape index (κ3) is 4.15. The molecule has 5 nitrogen and oxygen atoms in total. The molecule has 1 saturated heterocycles. The number of nitrogens with zero attached hydrogens (tertiary/aromatic N) is 1. The van der Waals surface area contributed by atoms with Crippen molar-refractivity contribution in [3.05, 3.63) is 0 Å². The minimum Gasteiger partial charge on any atom is -0.318 e. The van der Waals surface area contributed by atoms with Crippen LogP contribution in [0.1, 0.15) is 44.9 Å². The number of nitrogens with one attached hydrogen (secondary N) is 2. The fourth-order valence-corrected chi connectivity index (χ4v) is 4.47. The van der Waals surface area contributed by atoms with Crippen molar-refractivity contribution in [1.82, 2.24) is 14.3 Å². The van der Waals surface area contributed by atoms with Crippen molar-refractivity contribution in [2.75, 3.05) is 26.7 Å². The lowest BCUT2D eigenvalue weighted by Gasteiger charge is -2.34. The summed E-state index contributed by atoms with van der Waals surface area (Å²) in [7, 11) is -1.41. The molecule has 6 heteroatoms. The van der Waals surface area contributed by atoms with Crippen molar-refractivity contribution in [3.63, 3.8) is 0 Å². The van der Waals surface area contributed by atoms with E-state index in [0.717, 1.165) is 38.1 Å². The maximum Gasteiger partial charge on any atom is 0.279 e. The summed E-state index contributed by atoms with van der Waals surface area (Å²) in [6.45, 7) is 1.99. The Morgan fingerprint density at radius 2 is 1.95 bits per heavy atom. The summed E-state index contributed by atoms with van der Waals surface area (Å²) in [6, 6.07) is 0.111. The van der Waals surface area contributed by atoms with E-state index >= 15 is 0 Å². The van der Waals surface area contributed by atoms with Crippen LogP contribution in [-0.2, 0) is 10.2 Å². The van der Waals surface area contributed by atoms with E-state index in [1.54, 1.807) is 4.31 Å². The second kappa shape index (κ2) is 7.02. The molecule has 0 radical (unpaired) electrons. The maximum absolute atomic E-state index is 12.3. The monoisotopic (exact) mass is 289 g/mol. The second-order valence-electron chi connectivity index (χ2n) is 5.80. The molecule has 2 N–H and O–H groups in total. The van der Waals surface area contributed by atoms with Crippen molar-refractivity contribution in [2.45, 2.75) is 51.0 Å². The Labute approximate surface area is 117 Å². The van der Waals surface area contributed by atoms with Crippen molar-refractivity contribution in [2.24, 2.45) is 5.92 Å². The van der Waals surface area contributed by atoms with Crippen LogP contribution in [0.2, 0.25) is 0 Å². The van der Waals surface area contributed by atoms with Gasteiger partial charge in [0.15, 0.2) is 0 Å². The number of rotatable bonds is 7. The summed E-state index contributed by atoms with van der Waals surface area (Å²) in [5, 5.41) is 3.10. The van der Waals surface area contributed by atoms with Gasteiger partial charge in [-0.15, -0.1) is 0 Å². The van der Waals surface area contributed by atoms with Gasteiger partial charge in [0.05, 0.1) is 0 Å². The Balaban J connectivity index is 1.84. The van der Waals surface area contributed by atoms with Crippen LogP contribution in [0.4, 0.5) is 0 Å². The van der Waals surface area contributed by atoms with Gasteiger partial charge in [0.1, 0.15) is 0 Å². The summed E-state index contributed by atoms with van der Waals surface area (Å²) < 4.78 is 29.1. The van der Waals surface area contributed by atoms with Crippen LogP contribution in [0, 0.1) is 5.92 Å². The van der Waals surface area contributed by atoms with Crippen molar-refractivity contribution < 1.29 is 8.42 Å². The predicted octanol–water partition coefficient (Wildman–Crippen LogP) is 1.08. The largest absolute Gasteiger partial charge is 0.318 e. The maximum atomic E-state index is 12.3. The summed E-state index contributed by atoms with van der Waals surface area (Å²) in [6.07, 6.45) is 7.91. The number of hydrogen-bond acceptors (Lipinski definition) is 3. The van der Waals surface area contributed by atoms with Gasteiger partial charge in [0.25, 0.3) is 10.2 Å². The molecule has 0 amide bonds. The standard InChI is InChI=1S/C13H27N3O2S/c1-14-11-13-7-2-3-10-16(13)19(17,18)15-9-8-12-5-4-6-12/h12-15H,2-11H2,1H3. The van der Waals surface area contributed by atoms with Crippen LogP contribution in [0.15, 0.2) is 0 Å². The molecule has 2 rings (SSSR count). The zero-order valence-electron chi connectivity index (χ0n) is 11.9. The lowest BCUT2D eigenvalue weighted by atomic mass is 9.83. The average Bonchev–Trinajstić information content (AvgIpc) is 2.33. The van der Waals surface area contributed by atoms with Gasteiger partial charge in [-0.1, -0.05) is 25.7 Å². The topological polar surface area (TPSA) is 61.4 Å². The molecular weight excluding hydrogens is 262 g/mol. The van der Waals surface area contributed by atoms with Crippen LogP contribution in [0.3, 0.4) is 0 Å². The van der Waals surface area contributed by atoms with Crippen LogP contribution in [0.25, 0.3) is 0 Å². The van der Waals surface area contributed by atoms with Crippen LogP contribution < -0.4 is 10.0 Å². The lowest BCUT2D eigenvalue weighted by Crippen LogP contribution is -2.52. The summed E-state index contributed by atoms with van der Waals surface area (Å²) >= 11 is 0. The normalized spacial score (nSPS) is 26.3. The van der Waals surface area contributed by atoms with E-state index in [-0.39, 0.29) is 6.04 Å². The molecule has 1 heterocycles. The van der Waals surface area contributed by atoms with Crippen LogP contribution in [-0.4, -0.2) is 45.4 Å². The van der Waals surface area contributed by atoms with Crippen molar-refractivity contribution >= 4 is 10.2 Å². The SMILES string of the molecule is CNCC1CCCCN1S(=O)(=O)NCCC1CCC1. The fraction of sp³-hybridized carbons (Fsp3) is 1.00. The van der Waals surface area contributed by atoms with E-state index in [1.807, 2.05) is 7.05 Å². The molecule has 0 bridgehead atoms. The minimum atomic E-state index is -3.29.